The van der Waals surface area contributed by atoms with Gasteiger partial charge in [-0.1, -0.05) is 20.8 Å². The van der Waals surface area contributed by atoms with E-state index in [9.17, 15) is 0 Å². The molecule has 3 fully saturated rings. The van der Waals surface area contributed by atoms with Crippen LogP contribution in [0.5, 0.6) is 0 Å². The van der Waals surface area contributed by atoms with E-state index in [0.29, 0.717) is 0 Å². The molecule has 3 heterocycles. The zero-order valence-corrected chi connectivity index (χ0v) is 17.8. The zero-order chi connectivity index (χ0) is 18.4. The third kappa shape index (κ3) is 6.78. The summed E-state index contributed by atoms with van der Waals surface area (Å²) in [4.78, 5) is 10.8. The monoisotopic (exact) mass is 364 g/mol. The number of hydrogen-bond acceptors (Lipinski definition) is 4. The number of hydrogen-bond donors (Lipinski definition) is 0. The van der Waals surface area contributed by atoms with Crippen molar-refractivity contribution in [3.8, 4) is 0 Å². The number of likely N-dealkylation sites (tertiary alicyclic amines) is 2. The zero-order valence-electron chi connectivity index (χ0n) is 17.8. The topological polar surface area (TPSA) is 13.0 Å². The van der Waals surface area contributed by atoms with Gasteiger partial charge < -0.3 is 9.80 Å². The van der Waals surface area contributed by atoms with Crippen molar-refractivity contribution in [3.05, 3.63) is 0 Å². The Bertz CT molecular complexity index is 384. The molecule has 3 aliphatic rings. The molecule has 0 radical (unpaired) electrons. The van der Waals surface area contributed by atoms with Gasteiger partial charge in [0.25, 0.3) is 0 Å². The Morgan fingerprint density at radius 1 is 0.577 bits per heavy atom. The maximum atomic E-state index is 2.71. The van der Waals surface area contributed by atoms with Crippen LogP contribution in [-0.2, 0) is 0 Å². The molecule has 4 heteroatoms. The summed E-state index contributed by atoms with van der Waals surface area (Å²) in [7, 11) is 0. The average Bonchev–Trinajstić information content (AvgIpc) is 3.04. The van der Waals surface area contributed by atoms with Crippen LogP contribution in [0.25, 0.3) is 0 Å². The predicted molar refractivity (Wildman–Crippen MR) is 111 cm³/mol. The van der Waals surface area contributed by atoms with Crippen molar-refractivity contribution < 1.29 is 0 Å². The molecule has 0 saturated carbocycles. The maximum Gasteiger partial charge on any atom is 0.0507 e. The van der Waals surface area contributed by atoms with E-state index in [1.54, 1.807) is 0 Å². The van der Waals surface area contributed by atoms with E-state index in [0.717, 1.165) is 17.8 Å². The highest BCUT2D eigenvalue weighted by molar-refractivity contribution is 4.77. The molecular formula is C22H44N4. The first-order valence-electron chi connectivity index (χ1n) is 11.5. The summed E-state index contributed by atoms with van der Waals surface area (Å²) in [6.07, 6.45) is 6.94. The van der Waals surface area contributed by atoms with E-state index in [1.807, 2.05) is 0 Å². The molecule has 0 aromatic rings. The Kier molecular flexibility index (Phi) is 8.23. The lowest BCUT2D eigenvalue weighted by molar-refractivity contribution is 0.133. The van der Waals surface area contributed by atoms with Crippen LogP contribution in [0.15, 0.2) is 0 Å². The highest BCUT2D eigenvalue weighted by Gasteiger charge is 2.23. The summed E-state index contributed by atoms with van der Waals surface area (Å²) in [5.41, 5.74) is 0. The fourth-order valence-electron chi connectivity index (χ4n) is 5.37. The molecule has 0 aromatic heterocycles. The third-order valence-corrected chi connectivity index (χ3v) is 6.85. The molecule has 0 N–H and O–H groups in total. The van der Waals surface area contributed by atoms with Gasteiger partial charge in [-0.2, -0.15) is 0 Å². The van der Waals surface area contributed by atoms with Crippen LogP contribution >= 0.6 is 0 Å². The first-order valence-corrected chi connectivity index (χ1v) is 11.5. The van der Waals surface area contributed by atoms with Crippen molar-refractivity contribution in [2.24, 2.45) is 17.8 Å². The van der Waals surface area contributed by atoms with E-state index in [4.69, 9.17) is 0 Å². The lowest BCUT2D eigenvalue weighted by Crippen LogP contribution is -2.40. The number of piperidine rings is 2. The SMILES string of the molecule is CC1CCN(CCCN2CCN(CCCN3CC(C)CC(C)C3)C2)CC1. The van der Waals surface area contributed by atoms with Crippen LogP contribution in [0.1, 0.15) is 52.9 Å². The highest BCUT2D eigenvalue weighted by Crippen LogP contribution is 2.21. The molecule has 152 valence electrons. The van der Waals surface area contributed by atoms with E-state index < -0.39 is 0 Å². The Morgan fingerprint density at radius 2 is 1.08 bits per heavy atom. The van der Waals surface area contributed by atoms with Crippen molar-refractivity contribution in [2.75, 3.05) is 72.1 Å². The van der Waals surface area contributed by atoms with Gasteiger partial charge >= 0.3 is 0 Å². The average molecular weight is 365 g/mol. The molecule has 0 bridgehead atoms. The van der Waals surface area contributed by atoms with Crippen LogP contribution in [0.4, 0.5) is 0 Å². The van der Waals surface area contributed by atoms with Gasteiger partial charge in [0.2, 0.25) is 0 Å². The molecule has 0 amide bonds. The Hall–Kier alpha value is -0.160. The number of nitrogens with zero attached hydrogens (tertiary/aromatic N) is 4. The quantitative estimate of drug-likeness (QED) is 0.656. The van der Waals surface area contributed by atoms with Crippen LogP contribution in [-0.4, -0.2) is 91.7 Å². The summed E-state index contributed by atoms with van der Waals surface area (Å²) < 4.78 is 0. The Labute approximate surface area is 162 Å². The van der Waals surface area contributed by atoms with Crippen molar-refractivity contribution in [3.63, 3.8) is 0 Å². The molecule has 2 atom stereocenters. The van der Waals surface area contributed by atoms with Crippen LogP contribution in [0, 0.1) is 17.8 Å². The second-order valence-corrected chi connectivity index (χ2v) is 9.81. The first-order chi connectivity index (χ1) is 12.6. The minimum absolute atomic E-state index is 0.893. The maximum absolute atomic E-state index is 2.71. The smallest absolute Gasteiger partial charge is 0.0507 e. The molecule has 2 unspecified atom stereocenters. The third-order valence-electron chi connectivity index (χ3n) is 6.85. The molecule has 3 saturated heterocycles. The normalized spacial score (nSPS) is 31.0. The van der Waals surface area contributed by atoms with Crippen LogP contribution < -0.4 is 0 Å². The van der Waals surface area contributed by atoms with Gasteiger partial charge in [0.05, 0.1) is 6.67 Å². The van der Waals surface area contributed by atoms with Crippen molar-refractivity contribution in [1.29, 1.82) is 0 Å². The van der Waals surface area contributed by atoms with Gasteiger partial charge in [0.15, 0.2) is 0 Å². The Balaban J connectivity index is 1.22. The van der Waals surface area contributed by atoms with Crippen molar-refractivity contribution in [2.45, 2.75) is 52.9 Å². The summed E-state index contributed by atoms with van der Waals surface area (Å²) in [5.74, 6) is 2.74. The van der Waals surface area contributed by atoms with Crippen molar-refractivity contribution in [1.82, 2.24) is 19.6 Å². The lowest BCUT2D eigenvalue weighted by atomic mass is 9.92. The summed E-state index contributed by atoms with van der Waals surface area (Å²) in [6.45, 7) is 21.6. The molecular weight excluding hydrogens is 320 g/mol. The van der Waals surface area contributed by atoms with Gasteiger partial charge in [0.1, 0.15) is 0 Å². The fourth-order valence-corrected chi connectivity index (χ4v) is 5.37. The Morgan fingerprint density at radius 3 is 1.65 bits per heavy atom. The van der Waals surface area contributed by atoms with E-state index in [-0.39, 0.29) is 0 Å². The van der Waals surface area contributed by atoms with Gasteiger partial charge in [0, 0.05) is 39.3 Å². The molecule has 0 spiro atoms. The summed E-state index contributed by atoms with van der Waals surface area (Å²) >= 11 is 0. The molecule has 0 aromatic carbocycles. The molecule has 4 nitrogen and oxygen atoms in total. The molecule has 3 aliphatic heterocycles. The van der Waals surface area contributed by atoms with Gasteiger partial charge in [-0.15, -0.1) is 0 Å². The lowest BCUT2D eigenvalue weighted by Gasteiger charge is -2.35. The van der Waals surface area contributed by atoms with Gasteiger partial charge in [-0.3, -0.25) is 9.80 Å². The van der Waals surface area contributed by atoms with E-state index in [1.165, 1.54) is 104 Å². The summed E-state index contributed by atoms with van der Waals surface area (Å²) in [6, 6.07) is 0. The minimum atomic E-state index is 0.893. The second kappa shape index (κ2) is 10.4. The van der Waals surface area contributed by atoms with Gasteiger partial charge in [-0.25, -0.2) is 0 Å². The van der Waals surface area contributed by atoms with Crippen LogP contribution in [0.3, 0.4) is 0 Å². The first kappa shape index (κ1) is 20.6. The fraction of sp³-hybridized carbons (Fsp3) is 1.00. The second-order valence-electron chi connectivity index (χ2n) is 9.81. The standard InChI is InChI=1S/C22H44N4/c1-20-6-12-23(13-7-20)8-4-9-24-14-15-25(19-24)10-5-11-26-17-21(2)16-22(3)18-26/h20-22H,4-19H2,1-3H3. The largest absolute Gasteiger partial charge is 0.303 e. The number of rotatable bonds is 8. The molecule has 0 aliphatic carbocycles. The summed E-state index contributed by atoms with van der Waals surface area (Å²) in [5, 5.41) is 0. The van der Waals surface area contributed by atoms with Gasteiger partial charge in [-0.05, 0) is 76.0 Å². The van der Waals surface area contributed by atoms with E-state index in [2.05, 4.69) is 40.4 Å². The predicted octanol–water partition coefficient (Wildman–Crippen LogP) is 3.05. The van der Waals surface area contributed by atoms with Crippen molar-refractivity contribution >= 4 is 0 Å². The minimum Gasteiger partial charge on any atom is -0.303 e. The highest BCUT2D eigenvalue weighted by atomic mass is 15.4. The van der Waals surface area contributed by atoms with Crippen LogP contribution in [0.2, 0.25) is 0 Å². The molecule has 26 heavy (non-hydrogen) atoms. The van der Waals surface area contributed by atoms with E-state index >= 15 is 0 Å². The molecule has 3 rings (SSSR count).